The molecule has 1 aliphatic heterocycles. The molecule has 0 saturated carbocycles. The predicted octanol–water partition coefficient (Wildman–Crippen LogP) is 1.15. The van der Waals surface area contributed by atoms with Crippen molar-refractivity contribution in [2.24, 2.45) is 5.10 Å². The van der Waals surface area contributed by atoms with Crippen LogP contribution in [0.3, 0.4) is 0 Å². The first kappa shape index (κ1) is 19.4. The molecule has 142 valence electrons. The van der Waals surface area contributed by atoms with E-state index in [-0.39, 0.29) is 11.6 Å². The molecule has 0 radical (unpaired) electrons. The van der Waals surface area contributed by atoms with E-state index in [2.05, 4.69) is 22.7 Å². The van der Waals surface area contributed by atoms with Crippen molar-refractivity contribution in [3.63, 3.8) is 0 Å². The van der Waals surface area contributed by atoms with Gasteiger partial charge in [0.1, 0.15) is 13.1 Å². The minimum absolute atomic E-state index is 0.0492. The number of hydrazone groups is 1. The molecule has 1 saturated heterocycles. The van der Waals surface area contributed by atoms with Crippen LogP contribution in [0.5, 0.6) is 0 Å². The second-order valence-electron chi connectivity index (χ2n) is 6.46. The summed E-state index contributed by atoms with van der Waals surface area (Å²) in [5.74, 6) is -1.25. The Morgan fingerprint density at radius 1 is 1.22 bits per heavy atom. The van der Waals surface area contributed by atoms with Gasteiger partial charge in [-0.25, -0.2) is 0 Å². The molecule has 0 spiro atoms. The third-order valence-electron chi connectivity index (χ3n) is 4.65. The van der Waals surface area contributed by atoms with Crippen molar-refractivity contribution >= 4 is 29.0 Å². The van der Waals surface area contributed by atoms with Gasteiger partial charge in [-0.15, -0.1) is 0 Å². The van der Waals surface area contributed by atoms with Crippen LogP contribution in [0.25, 0.3) is 0 Å². The predicted molar refractivity (Wildman–Crippen MR) is 103 cm³/mol. The molecule has 1 heterocycles. The fraction of sp³-hybridized carbons (Fsp3) is 0.300. The molecule has 0 amide bonds. The molecule has 0 aromatic heterocycles. The maximum absolute atomic E-state index is 11.1. The Kier molecular flexibility index (Phi) is 6.45. The van der Waals surface area contributed by atoms with Crippen LogP contribution in [-0.2, 0) is 4.74 Å². The first-order valence-electron chi connectivity index (χ1n) is 8.84. The van der Waals surface area contributed by atoms with Crippen LogP contribution in [0.4, 0.5) is 5.69 Å². The number of aromatic carboxylic acids is 1. The van der Waals surface area contributed by atoms with Gasteiger partial charge in [0, 0.05) is 5.56 Å². The zero-order valence-corrected chi connectivity index (χ0v) is 15.8. The highest BCUT2D eigenvalue weighted by Gasteiger charge is 2.29. The molecule has 0 unspecified atom stereocenters. The largest absolute Gasteiger partial charge is 0.545 e. The van der Waals surface area contributed by atoms with Gasteiger partial charge >= 0.3 is 0 Å². The molecule has 2 N–H and O–H groups in total. The minimum Gasteiger partial charge on any atom is -0.545 e. The number of nitrogens with one attached hydrogen (secondary N) is 2. The summed E-state index contributed by atoms with van der Waals surface area (Å²) in [4.78, 5) is 12.4. The van der Waals surface area contributed by atoms with Crippen LogP contribution in [0.1, 0.15) is 28.9 Å². The Bertz CT molecular complexity index is 820. The van der Waals surface area contributed by atoms with E-state index in [9.17, 15) is 9.90 Å². The summed E-state index contributed by atoms with van der Waals surface area (Å²) in [6, 6.07) is 14.6. The van der Waals surface area contributed by atoms with Crippen molar-refractivity contribution in [2.75, 3.05) is 31.7 Å². The van der Waals surface area contributed by atoms with Gasteiger partial charge in [-0.3, -0.25) is 5.43 Å². The summed E-state index contributed by atoms with van der Waals surface area (Å²) >= 11 is 6.16. The summed E-state index contributed by atoms with van der Waals surface area (Å²) in [7, 11) is 0. The Morgan fingerprint density at radius 3 is 2.59 bits per heavy atom. The van der Waals surface area contributed by atoms with Crippen LogP contribution in [0.15, 0.2) is 53.6 Å². The molecule has 1 atom stereocenters. The van der Waals surface area contributed by atoms with Crippen LogP contribution in [0.2, 0.25) is 5.02 Å². The lowest BCUT2D eigenvalue weighted by atomic mass is 10.0. The molecule has 7 heteroatoms. The summed E-state index contributed by atoms with van der Waals surface area (Å²) in [5.41, 5.74) is 5.45. The van der Waals surface area contributed by atoms with Gasteiger partial charge in [-0.1, -0.05) is 48.0 Å². The van der Waals surface area contributed by atoms with Gasteiger partial charge < -0.3 is 19.5 Å². The molecule has 0 aliphatic carbocycles. The first-order chi connectivity index (χ1) is 13.1. The number of halogens is 1. The molecule has 6 nitrogen and oxygen atoms in total. The lowest BCUT2D eigenvalue weighted by Crippen LogP contribution is -3.15. The summed E-state index contributed by atoms with van der Waals surface area (Å²) < 4.78 is 5.49. The number of ether oxygens (including phenoxy) is 1. The molecule has 3 rings (SSSR count). The number of hydrogen-bond donors (Lipinski definition) is 2. The van der Waals surface area contributed by atoms with Gasteiger partial charge in [0.15, 0.2) is 6.04 Å². The Morgan fingerprint density at radius 2 is 1.93 bits per heavy atom. The highest BCUT2D eigenvalue weighted by Crippen LogP contribution is 2.23. The number of nitrogens with zero attached hydrogens (tertiary/aromatic N) is 1. The van der Waals surface area contributed by atoms with E-state index in [1.54, 1.807) is 0 Å². The fourth-order valence-corrected chi connectivity index (χ4v) is 3.45. The van der Waals surface area contributed by atoms with Crippen LogP contribution in [0, 0.1) is 0 Å². The number of carbonyl (C=O) groups is 1. The topological polar surface area (TPSA) is 78.2 Å². The van der Waals surface area contributed by atoms with Crippen molar-refractivity contribution in [1.82, 2.24) is 0 Å². The van der Waals surface area contributed by atoms with E-state index in [4.69, 9.17) is 16.3 Å². The van der Waals surface area contributed by atoms with E-state index in [1.165, 1.54) is 28.7 Å². The molecule has 2 aromatic carbocycles. The Balaban J connectivity index is 1.86. The molecule has 1 aliphatic rings. The summed E-state index contributed by atoms with van der Waals surface area (Å²) in [5, 5.41) is 16.0. The Labute approximate surface area is 163 Å². The van der Waals surface area contributed by atoms with E-state index in [1.807, 2.05) is 25.1 Å². The highest BCUT2D eigenvalue weighted by molar-refractivity contribution is 6.33. The lowest BCUT2D eigenvalue weighted by molar-refractivity contribution is -0.928. The number of anilines is 1. The maximum atomic E-state index is 11.1. The molecule has 2 aromatic rings. The van der Waals surface area contributed by atoms with Crippen molar-refractivity contribution in [2.45, 2.75) is 13.0 Å². The van der Waals surface area contributed by atoms with Crippen molar-refractivity contribution < 1.29 is 19.5 Å². The van der Waals surface area contributed by atoms with E-state index < -0.39 is 5.97 Å². The first-order valence-corrected chi connectivity index (χ1v) is 9.22. The highest BCUT2D eigenvalue weighted by atomic mass is 35.5. The average Bonchev–Trinajstić information content (AvgIpc) is 2.69. The molecule has 27 heavy (non-hydrogen) atoms. The van der Waals surface area contributed by atoms with Gasteiger partial charge in [-0.05, 0) is 24.6 Å². The number of hydrogen-bond acceptors (Lipinski definition) is 5. The number of carboxylic acids is 1. The zero-order valence-electron chi connectivity index (χ0n) is 15.1. The molecule has 0 bridgehead atoms. The second-order valence-corrected chi connectivity index (χ2v) is 6.87. The number of quaternary nitrogens is 1. The van der Waals surface area contributed by atoms with Crippen molar-refractivity contribution in [3.8, 4) is 0 Å². The number of carboxylic acid groups (broad SMARTS) is 1. The van der Waals surface area contributed by atoms with Gasteiger partial charge in [-0.2, -0.15) is 5.10 Å². The van der Waals surface area contributed by atoms with Crippen LogP contribution < -0.4 is 15.4 Å². The van der Waals surface area contributed by atoms with Crippen LogP contribution >= 0.6 is 11.6 Å². The van der Waals surface area contributed by atoms with Gasteiger partial charge in [0.2, 0.25) is 0 Å². The quantitative estimate of drug-likeness (QED) is 0.575. The normalized spacial score (nSPS) is 16.7. The smallest absolute Gasteiger partial charge is 0.154 e. The van der Waals surface area contributed by atoms with E-state index in [0.29, 0.717) is 10.7 Å². The zero-order chi connectivity index (χ0) is 19.2. The van der Waals surface area contributed by atoms with Crippen molar-refractivity contribution in [1.29, 1.82) is 0 Å². The number of morpholine rings is 1. The second kappa shape index (κ2) is 8.99. The maximum Gasteiger partial charge on any atom is 0.154 e. The SMILES string of the molecule is C/C(=N/Nc1cc(C(=O)[O-])ccc1Cl)[C@H](c1ccccc1)[NH+]1CCOCC1. The molecular formula is C20H22ClN3O3. The van der Waals surface area contributed by atoms with Crippen molar-refractivity contribution in [3.05, 3.63) is 64.7 Å². The Hall–Kier alpha value is -2.41. The number of benzene rings is 2. The fourth-order valence-electron chi connectivity index (χ4n) is 3.29. The third kappa shape index (κ3) is 4.86. The third-order valence-corrected chi connectivity index (χ3v) is 4.98. The number of carbonyl (C=O) groups excluding carboxylic acids is 1. The van der Waals surface area contributed by atoms with E-state index in [0.717, 1.165) is 32.0 Å². The molecule has 1 fully saturated rings. The summed E-state index contributed by atoms with van der Waals surface area (Å²) in [6.45, 7) is 5.20. The lowest BCUT2D eigenvalue weighted by Gasteiger charge is -2.31. The summed E-state index contributed by atoms with van der Waals surface area (Å²) in [6.07, 6.45) is 0. The van der Waals surface area contributed by atoms with Gasteiger partial charge in [0.05, 0.1) is 35.6 Å². The standard InChI is InChI=1S/C20H22ClN3O3/c1-14(22-23-18-13-16(20(25)26)7-8-17(18)21)19(15-5-3-2-4-6-15)24-9-11-27-12-10-24/h2-8,13,19,23H,9-12H2,1H3,(H,25,26)/b22-14-/t19-/m1/s1. The minimum atomic E-state index is -1.25. The monoisotopic (exact) mass is 387 g/mol. The number of rotatable bonds is 6. The average molecular weight is 388 g/mol. The molecular weight excluding hydrogens is 366 g/mol. The van der Waals surface area contributed by atoms with E-state index >= 15 is 0 Å². The van der Waals surface area contributed by atoms with Crippen LogP contribution in [-0.4, -0.2) is 38.0 Å². The van der Waals surface area contributed by atoms with Gasteiger partial charge in [0.25, 0.3) is 0 Å².